The largest absolute Gasteiger partial charge is 0.309 e. The zero-order chi connectivity index (χ0) is 34.9. The Morgan fingerprint density at radius 2 is 1.02 bits per heavy atom. The Morgan fingerprint density at radius 1 is 0.385 bits per heavy atom. The Bertz CT molecular complexity index is 2660. The second kappa shape index (κ2) is 14.0. The van der Waals surface area contributed by atoms with E-state index in [-0.39, 0.29) is 0 Å². The second-order valence-corrected chi connectivity index (χ2v) is 14.2. The molecular formula is C50H44N2. The number of hydrogen-bond donors (Lipinski definition) is 0. The molecule has 9 rings (SSSR count). The van der Waals surface area contributed by atoms with E-state index in [2.05, 4.69) is 180 Å². The highest BCUT2D eigenvalue weighted by Crippen LogP contribution is 2.43. The van der Waals surface area contributed by atoms with Crippen LogP contribution in [0.4, 0.5) is 0 Å². The van der Waals surface area contributed by atoms with Gasteiger partial charge in [0.05, 0.1) is 22.1 Å². The summed E-state index contributed by atoms with van der Waals surface area (Å²) >= 11 is 0. The average Bonchev–Trinajstić information content (AvgIpc) is 3.73. The highest BCUT2D eigenvalue weighted by molar-refractivity contribution is 6.26. The van der Waals surface area contributed by atoms with Crippen molar-refractivity contribution in [1.29, 1.82) is 0 Å². The molecule has 0 spiro atoms. The summed E-state index contributed by atoms with van der Waals surface area (Å²) in [5, 5.41) is 5.08. The lowest BCUT2D eigenvalue weighted by Gasteiger charge is -2.15. The van der Waals surface area contributed by atoms with Gasteiger partial charge in [0.1, 0.15) is 0 Å². The highest BCUT2D eigenvalue weighted by Gasteiger charge is 2.21. The zero-order valence-electron chi connectivity index (χ0n) is 29.9. The van der Waals surface area contributed by atoms with Crippen LogP contribution in [-0.4, -0.2) is 9.13 Å². The molecule has 0 unspecified atom stereocenters. The van der Waals surface area contributed by atoms with Crippen molar-refractivity contribution in [2.75, 3.05) is 0 Å². The lowest BCUT2D eigenvalue weighted by molar-refractivity contribution is 0.607. The van der Waals surface area contributed by atoms with Crippen LogP contribution in [0, 0.1) is 0 Å². The van der Waals surface area contributed by atoms with E-state index in [1.54, 1.807) is 0 Å². The van der Waals surface area contributed by atoms with E-state index < -0.39 is 0 Å². The molecule has 0 aliphatic heterocycles. The van der Waals surface area contributed by atoms with Crippen LogP contribution in [0.15, 0.2) is 164 Å². The topological polar surface area (TPSA) is 9.86 Å². The maximum atomic E-state index is 2.49. The molecule has 0 aliphatic rings. The molecule has 0 fully saturated rings. The molecule has 0 saturated carbocycles. The number of aromatic nitrogens is 2. The van der Waals surface area contributed by atoms with Crippen LogP contribution < -0.4 is 0 Å². The van der Waals surface area contributed by atoms with Gasteiger partial charge in [-0.05, 0) is 89.2 Å². The predicted octanol–water partition coefficient (Wildman–Crippen LogP) is 14.1. The molecule has 0 atom stereocenters. The molecule has 2 heteroatoms. The molecule has 2 aromatic heterocycles. The quantitative estimate of drug-likeness (QED) is 0.121. The molecule has 9 aromatic rings. The molecule has 52 heavy (non-hydrogen) atoms. The van der Waals surface area contributed by atoms with Crippen LogP contribution in [0.3, 0.4) is 0 Å². The van der Waals surface area contributed by atoms with Gasteiger partial charge in [0.15, 0.2) is 0 Å². The summed E-state index contributed by atoms with van der Waals surface area (Å²) in [5.74, 6) is 0. The lowest BCUT2D eigenvalue weighted by Crippen LogP contribution is -1.97. The van der Waals surface area contributed by atoms with E-state index >= 15 is 0 Å². The maximum absolute atomic E-state index is 2.49. The van der Waals surface area contributed by atoms with Crippen molar-refractivity contribution < 1.29 is 0 Å². The number of aryl methyl sites for hydroxylation is 1. The summed E-state index contributed by atoms with van der Waals surface area (Å²) < 4.78 is 4.96. The van der Waals surface area contributed by atoms with Crippen LogP contribution >= 0.6 is 0 Å². The molecule has 2 nitrogen and oxygen atoms in total. The van der Waals surface area contributed by atoms with Crippen molar-refractivity contribution in [2.45, 2.75) is 51.9 Å². The molecule has 0 saturated heterocycles. The minimum Gasteiger partial charge on any atom is -0.309 e. The fraction of sp³-hybridized carbons (Fsp3) is 0.160. The van der Waals surface area contributed by atoms with Gasteiger partial charge in [-0.25, -0.2) is 0 Å². The number of benzene rings is 7. The van der Waals surface area contributed by atoms with Crippen LogP contribution in [0.1, 0.15) is 51.0 Å². The van der Waals surface area contributed by atoms with Gasteiger partial charge in [0.2, 0.25) is 0 Å². The summed E-state index contributed by atoms with van der Waals surface area (Å²) in [6.45, 7) is 2.29. The molecule has 254 valence electrons. The normalized spacial score (nSPS) is 11.7. The summed E-state index contributed by atoms with van der Waals surface area (Å²) in [6.07, 6.45) is 9.03. The van der Waals surface area contributed by atoms with E-state index in [0.29, 0.717) is 0 Å². The fourth-order valence-corrected chi connectivity index (χ4v) is 8.35. The third kappa shape index (κ3) is 5.79. The zero-order valence-corrected chi connectivity index (χ0v) is 29.9. The first-order valence-corrected chi connectivity index (χ1v) is 19.1. The summed E-state index contributed by atoms with van der Waals surface area (Å²) in [4.78, 5) is 0. The smallest absolute Gasteiger partial charge is 0.0641 e. The predicted molar refractivity (Wildman–Crippen MR) is 223 cm³/mol. The Labute approximate surface area is 306 Å². The Kier molecular flexibility index (Phi) is 8.66. The van der Waals surface area contributed by atoms with Crippen molar-refractivity contribution in [3.63, 3.8) is 0 Å². The minimum atomic E-state index is 1.13. The van der Waals surface area contributed by atoms with E-state index in [4.69, 9.17) is 0 Å². The van der Waals surface area contributed by atoms with Crippen LogP contribution in [0.25, 0.3) is 77.2 Å². The molecule has 7 aromatic carbocycles. The SMILES string of the molecule is CCCCCCCCc1cccc(-c2cc(-c3ccccc3)cc(-n3c4ccccc4c4c3ccc3c5ccccc5n(-c5ccccc5)c34)c2)c1. The van der Waals surface area contributed by atoms with E-state index in [0.717, 1.165) is 6.42 Å². The van der Waals surface area contributed by atoms with Gasteiger partial charge in [0, 0.05) is 32.9 Å². The van der Waals surface area contributed by atoms with Gasteiger partial charge in [0.25, 0.3) is 0 Å². The van der Waals surface area contributed by atoms with E-state index in [9.17, 15) is 0 Å². The number of nitrogens with zero attached hydrogens (tertiary/aromatic N) is 2. The standard InChI is InChI=1S/C50H44N2/c1-2-3-4-5-6-9-19-36-20-18-23-38(32-36)40-33-39(37-21-10-7-11-22-37)34-42(35-40)51-47-29-17-15-27-45(47)49-48(51)31-30-44-43-26-14-16-28-46(43)52(50(44)49)41-24-12-8-13-25-41/h7-8,10-18,20-35H,2-6,9,19H2,1H3. The summed E-state index contributed by atoms with van der Waals surface area (Å²) in [5.41, 5.74) is 13.6. The van der Waals surface area contributed by atoms with E-state index in [1.165, 1.54) is 121 Å². The van der Waals surface area contributed by atoms with Gasteiger partial charge >= 0.3 is 0 Å². The molecular weight excluding hydrogens is 629 g/mol. The van der Waals surface area contributed by atoms with Crippen molar-refractivity contribution in [1.82, 2.24) is 9.13 Å². The van der Waals surface area contributed by atoms with Gasteiger partial charge in [-0.2, -0.15) is 0 Å². The van der Waals surface area contributed by atoms with E-state index in [1.807, 2.05) is 0 Å². The number of hydrogen-bond acceptors (Lipinski definition) is 0. The Morgan fingerprint density at radius 3 is 1.81 bits per heavy atom. The monoisotopic (exact) mass is 672 g/mol. The van der Waals surface area contributed by atoms with Gasteiger partial charge < -0.3 is 9.13 Å². The summed E-state index contributed by atoms with van der Waals surface area (Å²) in [6, 6.07) is 60.5. The molecule has 0 amide bonds. The first kappa shape index (κ1) is 32.1. The van der Waals surface area contributed by atoms with Crippen molar-refractivity contribution in [3.05, 3.63) is 169 Å². The van der Waals surface area contributed by atoms with Crippen LogP contribution in [0.5, 0.6) is 0 Å². The number of unbranched alkanes of at least 4 members (excludes halogenated alkanes) is 5. The highest BCUT2D eigenvalue weighted by atomic mass is 15.0. The van der Waals surface area contributed by atoms with Crippen molar-refractivity contribution in [2.24, 2.45) is 0 Å². The number of para-hydroxylation sites is 3. The van der Waals surface area contributed by atoms with Crippen molar-refractivity contribution >= 4 is 43.6 Å². The number of rotatable bonds is 11. The molecule has 0 aliphatic carbocycles. The third-order valence-corrected chi connectivity index (χ3v) is 10.8. The lowest BCUT2D eigenvalue weighted by atomic mass is 9.95. The third-order valence-electron chi connectivity index (χ3n) is 10.8. The van der Waals surface area contributed by atoms with Gasteiger partial charge in [-0.3, -0.25) is 0 Å². The maximum Gasteiger partial charge on any atom is 0.0641 e. The summed E-state index contributed by atoms with van der Waals surface area (Å²) in [7, 11) is 0. The second-order valence-electron chi connectivity index (χ2n) is 14.2. The van der Waals surface area contributed by atoms with Crippen LogP contribution in [-0.2, 0) is 6.42 Å². The van der Waals surface area contributed by atoms with Gasteiger partial charge in [-0.1, -0.05) is 154 Å². The molecule has 0 bridgehead atoms. The van der Waals surface area contributed by atoms with Crippen LogP contribution in [0.2, 0.25) is 0 Å². The number of fused-ring (bicyclic) bond motifs is 7. The Balaban J connectivity index is 1.26. The molecule has 2 heterocycles. The Hall–Kier alpha value is -5.86. The average molecular weight is 673 g/mol. The first-order valence-electron chi connectivity index (χ1n) is 19.1. The fourth-order valence-electron chi connectivity index (χ4n) is 8.35. The van der Waals surface area contributed by atoms with Gasteiger partial charge in [-0.15, -0.1) is 0 Å². The molecule has 0 N–H and O–H groups in total. The first-order chi connectivity index (χ1) is 25.8. The van der Waals surface area contributed by atoms with Crippen molar-refractivity contribution in [3.8, 4) is 33.6 Å². The minimum absolute atomic E-state index is 1.13. The molecule has 0 radical (unpaired) electrons.